The van der Waals surface area contributed by atoms with Crippen LogP contribution in [0.5, 0.6) is 5.75 Å². The summed E-state index contributed by atoms with van der Waals surface area (Å²) in [5.41, 5.74) is 3.87. The zero-order valence-corrected chi connectivity index (χ0v) is 15.7. The van der Waals surface area contributed by atoms with Crippen LogP contribution in [-0.4, -0.2) is 5.91 Å². The molecule has 0 atom stereocenters. The highest BCUT2D eigenvalue weighted by Gasteiger charge is 2.14. The molecular weight excluding hydrogens is 350 g/mol. The molecule has 0 unspecified atom stereocenters. The lowest BCUT2D eigenvalue weighted by atomic mass is 10.1. The molecule has 26 heavy (non-hydrogen) atoms. The van der Waals surface area contributed by atoms with E-state index in [1.807, 2.05) is 51.1 Å². The molecule has 0 saturated carbocycles. The number of para-hydroxylation sites is 1. The van der Waals surface area contributed by atoms with Gasteiger partial charge in [-0.15, -0.1) is 0 Å². The third kappa shape index (κ3) is 3.92. The zero-order valence-electron chi connectivity index (χ0n) is 14.9. The van der Waals surface area contributed by atoms with Crippen molar-refractivity contribution in [2.75, 3.05) is 5.32 Å². The van der Waals surface area contributed by atoms with Crippen molar-refractivity contribution in [1.29, 1.82) is 0 Å². The van der Waals surface area contributed by atoms with Crippen molar-refractivity contribution >= 4 is 23.2 Å². The van der Waals surface area contributed by atoms with Gasteiger partial charge in [0, 0.05) is 5.69 Å². The van der Waals surface area contributed by atoms with Crippen LogP contribution in [0.3, 0.4) is 0 Å². The summed E-state index contributed by atoms with van der Waals surface area (Å²) < 4.78 is 11.4. The van der Waals surface area contributed by atoms with Crippen LogP contribution in [0, 0.1) is 20.8 Å². The topological polar surface area (TPSA) is 51.5 Å². The predicted octanol–water partition coefficient (Wildman–Crippen LogP) is 5.69. The molecule has 0 aliphatic rings. The number of ether oxygens (including phenoxy) is 1. The molecule has 3 rings (SSSR count). The summed E-state index contributed by atoms with van der Waals surface area (Å²) in [5, 5.41) is 3.42. The molecule has 4 nitrogen and oxygen atoms in total. The molecule has 0 spiro atoms. The Morgan fingerprint density at radius 3 is 2.54 bits per heavy atom. The molecule has 0 fully saturated rings. The van der Waals surface area contributed by atoms with Crippen LogP contribution in [0.15, 0.2) is 52.9 Å². The number of rotatable bonds is 5. The van der Waals surface area contributed by atoms with Crippen molar-refractivity contribution in [2.24, 2.45) is 0 Å². The van der Waals surface area contributed by atoms with Crippen LogP contribution < -0.4 is 10.1 Å². The molecule has 2 aromatic carbocycles. The molecule has 0 bridgehead atoms. The summed E-state index contributed by atoms with van der Waals surface area (Å²) in [6.45, 7) is 6.09. The Hall–Kier alpha value is -2.72. The van der Waals surface area contributed by atoms with Gasteiger partial charge in [-0.2, -0.15) is 0 Å². The first kappa shape index (κ1) is 18.1. The SMILES string of the molecule is Cc1cccc(NC(=O)c2ccc(COc3c(C)cccc3Cl)o2)c1C. The van der Waals surface area contributed by atoms with Crippen molar-refractivity contribution in [3.8, 4) is 5.75 Å². The normalized spacial score (nSPS) is 10.6. The van der Waals surface area contributed by atoms with E-state index in [-0.39, 0.29) is 18.3 Å². The lowest BCUT2D eigenvalue weighted by molar-refractivity contribution is 0.0992. The number of furan rings is 1. The molecule has 3 aromatic rings. The molecule has 1 amide bonds. The summed E-state index contributed by atoms with van der Waals surface area (Å²) in [6, 6.07) is 14.7. The van der Waals surface area contributed by atoms with Gasteiger partial charge in [-0.1, -0.05) is 35.9 Å². The maximum Gasteiger partial charge on any atom is 0.291 e. The Morgan fingerprint density at radius 1 is 1.04 bits per heavy atom. The van der Waals surface area contributed by atoms with Crippen LogP contribution in [0.2, 0.25) is 5.02 Å². The molecule has 134 valence electrons. The van der Waals surface area contributed by atoms with E-state index in [9.17, 15) is 4.79 Å². The fourth-order valence-electron chi connectivity index (χ4n) is 2.59. The molecule has 0 aliphatic carbocycles. The van der Waals surface area contributed by atoms with Crippen LogP contribution in [0.1, 0.15) is 33.0 Å². The molecule has 1 aromatic heterocycles. The van der Waals surface area contributed by atoms with Gasteiger partial charge >= 0.3 is 0 Å². The number of nitrogens with one attached hydrogen (secondary N) is 1. The number of aryl methyl sites for hydroxylation is 2. The quantitative estimate of drug-likeness (QED) is 0.628. The summed E-state index contributed by atoms with van der Waals surface area (Å²) >= 11 is 6.15. The second-order valence-electron chi connectivity index (χ2n) is 6.14. The van der Waals surface area contributed by atoms with Gasteiger partial charge in [-0.25, -0.2) is 0 Å². The van der Waals surface area contributed by atoms with Crippen LogP contribution in [0.25, 0.3) is 0 Å². The van der Waals surface area contributed by atoms with Crippen LogP contribution in [-0.2, 0) is 6.61 Å². The molecule has 0 saturated heterocycles. The Kier molecular flexibility index (Phi) is 5.33. The number of hydrogen-bond donors (Lipinski definition) is 1. The average molecular weight is 370 g/mol. The van der Waals surface area contributed by atoms with Gasteiger partial charge in [0.2, 0.25) is 0 Å². The predicted molar refractivity (Wildman–Crippen MR) is 103 cm³/mol. The first-order valence-electron chi connectivity index (χ1n) is 8.30. The van der Waals surface area contributed by atoms with E-state index in [0.29, 0.717) is 16.5 Å². The number of benzene rings is 2. The standard InChI is InChI=1S/C21H20ClNO3/c1-13-6-5-9-18(15(13)3)23-21(24)19-11-10-16(26-19)12-25-20-14(2)7-4-8-17(20)22/h4-11H,12H2,1-3H3,(H,23,24). The minimum absolute atomic E-state index is 0.196. The summed E-state index contributed by atoms with van der Waals surface area (Å²) in [4.78, 5) is 12.4. The van der Waals surface area contributed by atoms with Gasteiger partial charge in [0.25, 0.3) is 5.91 Å². The van der Waals surface area contributed by atoms with E-state index in [2.05, 4.69) is 5.32 Å². The molecular formula is C21H20ClNO3. The second kappa shape index (κ2) is 7.67. The van der Waals surface area contributed by atoms with Gasteiger partial charge in [0.15, 0.2) is 5.76 Å². The smallest absolute Gasteiger partial charge is 0.291 e. The van der Waals surface area contributed by atoms with Gasteiger partial charge in [0.05, 0.1) is 5.02 Å². The Bertz CT molecular complexity index is 926. The monoisotopic (exact) mass is 369 g/mol. The number of hydrogen-bond acceptors (Lipinski definition) is 3. The molecule has 1 heterocycles. The fourth-order valence-corrected chi connectivity index (χ4v) is 2.87. The third-order valence-corrected chi connectivity index (χ3v) is 4.56. The van der Waals surface area contributed by atoms with Gasteiger partial charge in [-0.3, -0.25) is 4.79 Å². The highest BCUT2D eigenvalue weighted by Crippen LogP contribution is 2.29. The number of carbonyl (C=O) groups excluding carboxylic acids is 1. The number of halogens is 1. The molecule has 5 heteroatoms. The van der Waals surface area contributed by atoms with E-state index in [1.54, 1.807) is 18.2 Å². The first-order chi connectivity index (χ1) is 12.5. The summed E-state index contributed by atoms with van der Waals surface area (Å²) in [7, 11) is 0. The summed E-state index contributed by atoms with van der Waals surface area (Å²) in [6.07, 6.45) is 0. The summed E-state index contributed by atoms with van der Waals surface area (Å²) in [5.74, 6) is 1.11. The van der Waals surface area contributed by atoms with Crippen LogP contribution in [0.4, 0.5) is 5.69 Å². The second-order valence-corrected chi connectivity index (χ2v) is 6.55. The third-order valence-electron chi connectivity index (χ3n) is 4.26. The van der Waals surface area contributed by atoms with E-state index in [0.717, 1.165) is 22.4 Å². The van der Waals surface area contributed by atoms with Gasteiger partial charge < -0.3 is 14.5 Å². The van der Waals surface area contributed by atoms with Gasteiger partial charge in [-0.05, 0) is 61.7 Å². The average Bonchev–Trinajstić information content (AvgIpc) is 3.08. The van der Waals surface area contributed by atoms with E-state index >= 15 is 0 Å². The number of carbonyl (C=O) groups is 1. The van der Waals surface area contributed by atoms with Crippen LogP contribution >= 0.6 is 11.6 Å². The van der Waals surface area contributed by atoms with Crippen molar-refractivity contribution in [3.05, 3.63) is 81.8 Å². The fraction of sp³-hybridized carbons (Fsp3) is 0.190. The largest absolute Gasteiger partial charge is 0.484 e. The van der Waals surface area contributed by atoms with E-state index in [1.165, 1.54) is 0 Å². The maximum atomic E-state index is 12.4. The molecule has 0 radical (unpaired) electrons. The molecule has 0 aliphatic heterocycles. The van der Waals surface area contributed by atoms with Crippen molar-refractivity contribution in [1.82, 2.24) is 0 Å². The number of amides is 1. The van der Waals surface area contributed by atoms with Crippen molar-refractivity contribution in [2.45, 2.75) is 27.4 Å². The lowest BCUT2D eigenvalue weighted by Gasteiger charge is -2.10. The first-order valence-corrected chi connectivity index (χ1v) is 8.67. The minimum atomic E-state index is -0.293. The highest BCUT2D eigenvalue weighted by molar-refractivity contribution is 6.32. The minimum Gasteiger partial charge on any atom is -0.484 e. The number of anilines is 1. The van der Waals surface area contributed by atoms with Crippen molar-refractivity contribution < 1.29 is 13.9 Å². The van der Waals surface area contributed by atoms with E-state index in [4.69, 9.17) is 20.8 Å². The zero-order chi connectivity index (χ0) is 18.7. The Labute approximate surface area is 157 Å². The Morgan fingerprint density at radius 2 is 1.77 bits per heavy atom. The molecule has 1 N–H and O–H groups in total. The van der Waals surface area contributed by atoms with Crippen molar-refractivity contribution in [3.63, 3.8) is 0 Å². The maximum absolute atomic E-state index is 12.4. The van der Waals surface area contributed by atoms with Gasteiger partial charge in [0.1, 0.15) is 18.1 Å². The highest BCUT2D eigenvalue weighted by atomic mass is 35.5. The van der Waals surface area contributed by atoms with E-state index < -0.39 is 0 Å². The lowest BCUT2D eigenvalue weighted by Crippen LogP contribution is -2.12. The Balaban J connectivity index is 1.67.